The maximum Gasteiger partial charge on any atom is 0.341 e. The van der Waals surface area contributed by atoms with Gasteiger partial charge in [0.05, 0.1) is 12.9 Å². The third-order valence-corrected chi connectivity index (χ3v) is 4.59. The number of anilines is 1. The SMILES string of the molecule is CCOC(=O)c1c(-c2ccco2)csc1NC(=O)COc1ccc(C=O)cc1. The van der Waals surface area contributed by atoms with Crippen LogP contribution in [-0.2, 0) is 9.53 Å². The molecule has 3 rings (SSSR count). The maximum atomic E-state index is 12.4. The highest BCUT2D eigenvalue weighted by molar-refractivity contribution is 7.15. The summed E-state index contributed by atoms with van der Waals surface area (Å²) in [5.74, 6) is -0.0196. The summed E-state index contributed by atoms with van der Waals surface area (Å²) in [6.45, 7) is 1.66. The summed E-state index contributed by atoms with van der Waals surface area (Å²) in [6, 6.07) is 9.82. The highest BCUT2D eigenvalue weighted by atomic mass is 32.1. The molecule has 0 spiro atoms. The third-order valence-electron chi connectivity index (χ3n) is 3.70. The number of carbonyl (C=O) groups is 3. The van der Waals surface area contributed by atoms with Crippen LogP contribution in [0.4, 0.5) is 5.00 Å². The molecule has 0 fully saturated rings. The van der Waals surface area contributed by atoms with E-state index < -0.39 is 11.9 Å². The summed E-state index contributed by atoms with van der Waals surface area (Å²) in [4.78, 5) is 35.3. The van der Waals surface area contributed by atoms with Gasteiger partial charge in [0.1, 0.15) is 28.4 Å². The van der Waals surface area contributed by atoms with Crippen molar-refractivity contribution in [1.29, 1.82) is 0 Å². The summed E-state index contributed by atoms with van der Waals surface area (Å²) in [6.07, 6.45) is 2.23. The van der Waals surface area contributed by atoms with Crippen LogP contribution in [-0.4, -0.2) is 31.4 Å². The van der Waals surface area contributed by atoms with Crippen LogP contribution in [0.2, 0.25) is 0 Å². The Hall–Kier alpha value is -3.39. The fraction of sp³-hybridized carbons (Fsp3) is 0.150. The van der Waals surface area contributed by atoms with Crippen molar-refractivity contribution >= 4 is 34.5 Å². The molecule has 0 bridgehead atoms. The minimum atomic E-state index is -0.546. The molecule has 0 saturated heterocycles. The van der Waals surface area contributed by atoms with E-state index in [1.165, 1.54) is 17.6 Å². The Morgan fingerprint density at radius 3 is 2.64 bits per heavy atom. The Bertz CT molecular complexity index is 959. The number of hydrogen-bond acceptors (Lipinski definition) is 7. The van der Waals surface area contributed by atoms with Gasteiger partial charge >= 0.3 is 5.97 Å². The number of hydrogen-bond donors (Lipinski definition) is 1. The second-order valence-electron chi connectivity index (χ2n) is 5.58. The number of furan rings is 1. The van der Waals surface area contributed by atoms with Crippen molar-refractivity contribution in [2.45, 2.75) is 6.92 Å². The van der Waals surface area contributed by atoms with Crippen LogP contribution in [0.15, 0.2) is 52.5 Å². The molecule has 144 valence electrons. The van der Waals surface area contributed by atoms with Crippen molar-refractivity contribution in [3.63, 3.8) is 0 Å². The molecule has 1 N–H and O–H groups in total. The number of amides is 1. The molecule has 0 saturated carbocycles. The highest BCUT2D eigenvalue weighted by Gasteiger charge is 2.24. The van der Waals surface area contributed by atoms with E-state index in [2.05, 4.69) is 5.32 Å². The van der Waals surface area contributed by atoms with E-state index >= 15 is 0 Å². The molecule has 0 radical (unpaired) electrons. The van der Waals surface area contributed by atoms with Crippen molar-refractivity contribution in [1.82, 2.24) is 0 Å². The first-order chi connectivity index (χ1) is 13.6. The van der Waals surface area contributed by atoms with Gasteiger partial charge in [0.25, 0.3) is 5.91 Å². The van der Waals surface area contributed by atoms with Crippen LogP contribution in [0.5, 0.6) is 5.75 Å². The quantitative estimate of drug-likeness (QED) is 0.454. The van der Waals surface area contributed by atoms with Crippen molar-refractivity contribution in [3.8, 4) is 17.1 Å². The zero-order valence-corrected chi connectivity index (χ0v) is 15.8. The molecule has 0 atom stereocenters. The molecule has 0 aliphatic heterocycles. The Balaban J connectivity index is 1.72. The Morgan fingerprint density at radius 1 is 1.21 bits per heavy atom. The molecule has 8 heteroatoms. The average Bonchev–Trinajstić information content (AvgIpc) is 3.36. The number of aldehydes is 1. The molecular formula is C20H17NO6S. The molecule has 1 aromatic carbocycles. The van der Waals surface area contributed by atoms with E-state index in [1.54, 1.807) is 48.7 Å². The van der Waals surface area contributed by atoms with Gasteiger partial charge in [-0.05, 0) is 43.3 Å². The summed E-state index contributed by atoms with van der Waals surface area (Å²) in [5.41, 5.74) is 1.31. The van der Waals surface area contributed by atoms with Gasteiger partial charge in [0, 0.05) is 16.5 Å². The van der Waals surface area contributed by atoms with E-state index in [0.29, 0.717) is 27.6 Å². The first-order valence-corrected chi connectivity index (χ1v) is 9.30. The van der Waals surface area contributed by atoms with E-state index in [0.717, 1.165) is 6.29 Å². The van der Waals surface area contributed by atoms with E-state index in [9.17, 15) is 14.4 Å². The van der Waals surface area contributed by atoms with Gasteiger partial charge < -0.3 is 19.2 Å². The fourth-order valence-electron chi connectivity index (χ4n) is 2.42. The normalized spacial score (nSPS) is 10.3. The van der Waals surface area contributed by atoms with Crippen molar-refractivity contribution in [2.75, 3.05) is 18.5 Å². The molecule has 3 aromatic rings. The van der Waals surface area contributed by atoms with Gasteiger partial charge in [-0.15, -0.1) is 11.3 Å². The second-order valence-corrected chi connectivity index (χ2v) is 6.45. The smallest absolute Gasteiger partial charge is 0.341 e. The lowest BCUT2D eigenvalue weighted by Gasteiger charge is -2.09. The minimum Gasteiger partial charge on any atom is -0.484 e. The molecule has 0 unspecified atom stereocenters. The summed E-state index contributed by atoms with van der Waals surface area (Å²) < 4.78 is 15.9. The predicted octanol–water partition coefficient (Wildman–Crippen LogP) is 4.01. The number of nitrogens with one attached hydrogen (secondary N) is 1. The lowest BCUT2D eigenvalue weighted by Crippen LogP contribution is -2.21. The van der Waals surface area contributed by atoms with Gasteiger partial charge in [-0.3, -0.25) is 9.59 Å². The van der Waals surface area contributed by atoms with Gasteiger partial charge in [-0.1, -0.05) is 0 Å². The largest absolute Gasteiger partial charge is 0.484 e. The first-order valence-electron chi connectivity index (χ1n) is 8.42. The summed E-state index contributed by atoms with van der Waals surface area (Å²) in [5, 5.41) is 4.76. The van der Waals surface area contributed by atoms with Crippen LogP contribution < -0.4 is 10.1 Å². The topological polar surface area (TPSA) is 94.8 Å². The predicted molar refractivity (Wildman–Crippen MR) is 104 cm³/mol. The number of rotatable bonds is 8. The maximum absolute atomic E-state index is 12.4. The Labute approximate surface area is 164 Å². The van der Waals surface area contributed by atoms with Crippen LogP contribution in [0.25, 0.3) is 11.3 Å². The average molecular weight is 399 g/mol. The molecule has 0 aliphatic rings. The second kappa shape index (κ2) is 9.01. The number of ether oxygens (including phenoxy) is 2. The van der Waals surface area contributed by atoms with E-state index in [1.807, 2.05) is 0 Å². The minimum absolute atomic E-state index is 0.208. The molecule has 1 amide bonds. The number of benzene rings is 1. The van der Waals surface area contributed by atoms with Gasteiger partial charge in [0.2, 0.25) is 0 Å². The summed E-state index contributed by atoms with van der Waals surface area (Å²) >= 11 is 1.20. The van der Waals surface area contributed by atoms with Gasteiger partial charge in [-0.25, -0.2) is 4.79 Å². The van der Waals surface area contributed by atoms with Crippen molar-refractivity contribution in [3.05, 3.63) is 59.2 Å². The van der Waals surface area contributed by atoms with Crippen molar-refractivity contribution < 1.29 is 28.3 Å². The molecule has 2 aromatic heterocycles. The zero-order valence-electron chi connectivity index (χ0n) is 15.0. The van der Waals surface area contributed by atoms with Gasteiger partial charge in [0.15, 0.2) is 6.61 Å². The van der Waals surface area contributed by atoms with Gasteiger partial charge in [-0.2, -0.15) is 0 Å². The van der Waals surface area contributed by atoms with Crippen molar-refractivity contribution in [2.24, 2.45) is 0 Å². The Morgan fingerprint density at radius 2 is 2.00 bits per heavy atom. The number of esters is 1. The van der Waals surface area contributed by atoms with Crippen LogP contribution in [0.1, 0.15) is 27.6 Å². The number of carbonyl (C=O) groups excluding carboxylic acids is 3. The number of thiophene rings is 1. The lowest BCUT2D eigenvalue weighted by atomic mass is 10.1. The standard InChI is InChI=1S/C20H17NO6S/c1-2-25-20(24)18-15(16-4-3-9-26-16)12-28-19(18)21-17(23)11-27-14-7-5-13(10-22)6-8-14/h3-10,12H,2,11H2,1H3,(H,21,23). The fourth-order valence-corrected chi connectivity index (χ4v) is 3.38. The summed E-state index contributed by atoms with van der Waals surface area (Å²) in [7, 11) is 0. The molecule has 2 heterocycles. The molecule has 28 heavy (non-hydrogen) atoms. The highest BCUT2D eigenvalue weighted by Crippen LogP contribution is 2.36. The van der Waals surface area contributed by atoms with E-state index in [4.69, 9.17) is 13.9 Å². The van der Waals surface area contributed by atoms with Crippen LogP contribution in [0, 0.1) is 0 Å². The Kier molecular flexibility index (Phi) is 6.23. The lowest BCUT2D eigenvalue weighted by molar-refractivity contribution is -0.118. The van der Waals surface area contributed by atoms with Crippen LogP contribution in [0.3, 0.4) is 0 Å². The van der Waals surface area contributed by atoms with Crippen LogP contribution >= 0.6 is 11.3 Å². The molecular weight excluding hydrogens is 382 g/mol. The third kappa shape index (κ3) is 4.47. The molecule has 0 aliphatic carbocycles. The zero-order chi connectivity index (χ0) is 19.9. The monoisotopic (exact) mass is 399 g/mol. The van der Waals surface area contributed by atoms with E-state index in [-0.39, 0.29) is 18.8 Å². The molecule has 7 nitrogen and oxygen atoms in total. The first kappa shape index (κ1) is 19.4.